The number of rotatable bonds is 50. The normalized spacial score (nSPS) is 15.4. The molecule has 1 saturated heterocycles. The lowest BCUT2D eigenvalue weighted by Crippen LogP contribution is -2.59. The summed E-state index contributed by atoms with van der Waals surface area (Å²) in [5, 5.41) is 17.8. The fraction of sp³-hybridized carbons (Fsp3) is 0.740. The van der Waals surface area contributed by atoms with Gasteiger partial charge in [0.1, 0.15) is 24.4 Å². The van der Waals surface area contributed by atoms with Crippen LogP contribution in [0, 0.1) is 63.6 Å². The maximum atomic E-state index is 13.6. The number of nitrogens with one attached hydrogen (secondary N) is 3. The molecule has 6 N–H and O–H groups in total. The first-order chi connectivity index (χ1) is 66.8. The second kappa shape index (κ2) is 79.1. The minimum atomic E-state index is -0.911. The number of nitrogens with two attached hydrogens (primary N) is 1. The molecule has 0 aromatic heterocycles. The number of carboxylic acid groups (broad SMARTS) is 1. The predicted octanol–water partition coefficient (Wildman–Crippen LogP) is 9.85. The van der Waals surface area contributed by atoms with Gasteiger partial charge in [0, 0.05) is 61.1 Å². The average Bonchev–Trinajstić information content (AvgIpc) is 0.807. The van der Waals surface area contributed by atoms with Crippen LogP contribution in [0.5, 0.6) is 0 Å². The number of likely N-dealkylation sites (tertiary alicyclic amines) is 1. The van der Waals surface area contributed by atoms with E-state index in [9.17, 15) is 81.5 Å². The molecule has 5 radical (unpaired) electrons. The van der Waals surface area contributed by atoms with E-state index in [0.717, 1.165) is 38.3 Å². The second-order valence-electron chi connectivity index (χ2n) is 41.5. The van der Waals surface area contributed by atoms with Crippen LogP contribution >= 0.6 is 0 Å². The first-order valence-electron chi connectivity index (χ1n) is 50.2. The van der Waals surface area contributed by atoms with Crippen molar-refractivity contribution in [1.82, 2.24) is 54.7 Å². The van der Waals surface area contributed by atoms with Crippen molar-refractivity contribution in [3.63, 3.8) is 0 Å². The Kier molecular flexibility index (Phi) is 81.2. The third kappa shape index (κ3) is 61.5. The topological polar surface area (TPSA) is 454 Å². The maximum Gasteiger partial charge on any atom is 0.333 e. The van der Waals surface area contributed by atoms with Gasteiger partial charge in [-0.15, -0.1) is 0 Å². The van der Waals surface area contributed by atoms with Crippen molar-refractivity contribution in [3.8, 4) is 0 Å². The molecule has 4 amide bonds. The van der Waals surface area contributed by atoms with Crippen LogP contribution in [0.2, 0.25) is 0 Å². The number of esters is 6. The van der Waals surface area contributed by atoms with E-state index in [1.165, 1.54) is 49.0 Å². The van der Waals surface area contributed by atoms with E-state index < -0.39 is 41.6 Å². The number of aliphatic carboxylic acids is 1. The zero-order valence-electron chi connectivity index (χ0n) is 97.1. The number of nitrogens with zero attached hydrogens (tertiary/aromatic N) is 8. The van der Waals surface area contributed by atoms with Crippen LogP contribution in [-0.2, 0) is 110 Å². The van der Waals surface area contributed by atoms with Gasteiger partial charge >= 0.3 is 41.8 Å². The van der Waals surface area contributed by atoms with Crippen LogP contribution in [0.25, 0.3) is 0 Å². The number of carbonyl (C=O) groups is 17. The Hall–Kier alpha value is -9.11. The third-order valence-electron chi connectivity index (χ3n) is 23.2. The zero-order valence-corrected chi connectivity index (χ0v) is 97.1. The molecular weight excluding hydrogens is 1860 g/mol. The Morgan fingerprint density at radius 1 is 0.407 bits per heavy atom. The van der Waals surface area contributed by atoms with Gasteiger partial charge in [0.2, 0.25) is 23.6 Å². The molecule has 12 atom stereocenters. The Balaban J connectivity index is -0.000000308. The molecule has 0 aliphatic carbocycles. The predicted molar refractivity (Wildman–Crippen MR) is 583 cm³/mol. The van der Waals surface area contributed by atoms with E-state index >= 15 is 0 Å². The lowest BCUT2D eigenvalue weighted by atomic mass is 9.81. The summed E-state index contributed by atoms with van der Waals surface area (Å²) in [6, 6.07) is -3.77. The number of amides is 4. The summed E-state index contributed by atoms with van der Waals surface area (Å²) in [5.74, 6) is -2.00. The molecule has 41 heteroatoms. The summed E-state index contributed by atoms with van der Waals surface area (Å²) in [6.07, 6.45) is 16.1. The molecule has 4 unspecified atom stereocenters. The van der Waals surface area contributed by atoms with Gasteiger partial charge in [0.05, 0.1) is 113 Å². The smallest absolute Gasteiger partial charge is 0.333 e. The van der Waals surface area contributed by atoms with Crippen LogP contribution in [-0.4, -0.2) is 366 Å². The molecule has 1 aliphatic rings. The molecule has 0 spiro atoms. The van der Waals surface area contributed by atoms with E-state index in [-0.39, 0.29) is 148 Å². The molecule has 0 aromatic carbocycles. The number of ether oxygens (including phenoxy) is 6. The highest BCUT2D eigenvalue weighted by atomic mass is 16.6. The summed E-state index contributed by atoms with van der Waals surface area (Å²) in [5.41, 5.74) is 7.59. The van der Waals surface area contributed by atoms with Gasteiger partial charge in [-0.25, -0.2) is 24.0 Å². The number of aldehydes is 1. The zero-order chi connectivity index (χ0) is 115. The largest absolute Gasteiger partial charge is 0.480 e. The van der Waals surface area contributed by atoms with Gasteiger partial charge in [-0.3, -0.25) is 33.7 Å². The maximum absolute atomic E-state index is 13.6. The first-order valence-corrected chi connectivity index (χ1v) is 50.2. The fourth-order valence-electron chi connectivity index (χ4n) is 14.5. The standard InChI is InChI=1S/C24H43N3O4.C18H32BN2O4.C17H32N2O3.C12H21BNO3.C11H21NO2.C8H15BNO3.C7H13BNO3.C7H13BNO2/c1-10-31-23(30)17(4)15-19(16(2)3)27(9)22(29)20(24(5,6)7)25-21(28)18-13-11-12-14-26(18)8;1-9-25-17(24)13(4)10-14(12(2)3)21(8)16(23)15(18(5,6)7)20-19-11-22;1-9-22-16(21)12(4)10-13(11(2)3)19(8)15(20)14(18)17(5,6)7;1-6-17-12(16)10(4)7-11(9(2)3)14(5)13-8-15;1-6-14-11(13)9(4)7-10(12-5)8(2)3;1-6(2)7(8(12)13-4)10(3)9-5-11;1-5(2)6(7(11)12)9(3)8-4-10;1-6(2)7(4-10)9(3)8-5-11/h15-16,18-20H,10-14H2,1-9H3,(H,25,28);10-12,14-15,20H,9H2,1-8H3;10-11,13-14H,9,18H2,1-8H3;7-9,11H,6H2,1-5H3;7-8,10,12H,6H2,1-5H3;5-7H,1-4H3;4-6H,1-3H3,(H,11,12);4-7H,1-3H3/b17-15+;13-10+;12-10+;10-7+;9-7+;;;/t18?,19-,20?;14-,15?;13-,14?;11-;10-;7-;6-;7-/m11111001/s1. The van der Waals surface area contributed by atoms with Crippen LogP contribution in [0.3, 0.4) is 0 Å². The molecular formula is C104H190B5N12O24. The molecule has 1 aliphatic heterocycles. The Morgan fingerprint density at radius 3 is 0.959 bits per heavy atom. The highest BCUT2D eigenvalue weighted by Crippen LogP contribution is 2.29. The Labute approximate surface area is 876 Å². The van der Waals surface area contributed by atoms with Crippen LogP contribution in [0.15, 0.2) is 58.2 Å². The van der Waals surface area contributed by atoms with Gasteiger partial charge in [0.25, 0.3) is 37.1 Å². The number of methoxy groups -OCH3 is 1. The van der Waals surface area contributed by atoms with E-state index in [1.54, 1.807) is 166 Å². The number of carbonyl (C=O) groups excluding carboxylic acids is 16. The number of carboxylic acids is 1. The van der Waals surface area contributed by atoms with Crippen LogP contribution < -0.4 is 21.6 Å². The van der Waals surface area contributed by atoms with Crippen molar-refractivity contribution in [2.75, 3.05) is 110 Å². The highest BCUT2D eigenvalue weighted by Gasteiger charge is 2.41. The summed E-state index contributed by atoms with van der Waals surface area (Å²) >= 11 is 0. The van der Waals surface area contributed by atoms with E-state index in [2.05, 4.69) is 39.3 Å². The lowest BCUT2D eigenvalue weighted by molar-refractivity contribution is -0.146. The summed E-state index contributed by atoms with van der Waals surface area (Å²) in [4.78, 5) is 208. The van der Waals surface area contributed by atoms with Crippen molar-refractivity contribution in [2.45, 2.75) is 334 Å². The molecule has 36 nitrogen and oxygen atoms in total. The van der Waals surface area contributed by atoms with Crippen molar-refractivity contribution in [2.24, 2.45) is 69.3 Å². The van der Waals surface area contributed by atoms with Crippen LogP contribution in [0.4, 0.5) is 0 Å². The van der Waals surface area contributed by atoms with Crippen molar-refractivity contribution >= 4 is 140 Å². The second-order valence-corrected chi connectivity index (χ2v) is 41.5. The van der Waals surface area contributed by atoms with E-state index in [0.29, 0.717) is 97.5 Å². The summed E-state index contributed by atoms with van der Waals surface area (Å²) in [6.45, 7) is 69.1. The summed E-state index contributed by atoms with van der Waals surface area (Å²) in [7, 11) is 23.7. The molecule has 0 aromatic rings. The quantitative estimate of drug-likeness (QED) is 0.0124. The number of likely N-dealkylation sites (N-methyl/N-ethyl adjacent to an activating group) is 9. The number of hydrogen-bond acceptors (Lipinski definition) is 31. The third-order valence-corrected chi connectivity index (χ3v) is 23.2. The minimum Gasteiger partial charge on any atom is -0.480 e. The SMILES string of the molecule is CC(C)[C@@H](C(=O)O)N(C)[B]C=O.CC(C)[C@@H](C=O)N(C)[B]C=O.CCOC(=O)/C(C)=C/[C@@H](NC)C(C)C.CCOC(=O)/C(C)=C/[C@H](C(C)C)N(C)C(=O)C(N)C(C)(C)C.CCOC(=O)/C(C)=C/[C@H](C(C)C)N(C)C(=O)C(NC(=O)C1CCCCN1C)C(C)(C)C.CCOC(=O)/C(C)=C/[C@H](C(C)C)N(C)C(=O)C(N[B]C=O)C(C)(C)C.CCOC(=O)/C(C)=C/[C@H](C(C)C)N(C)[B]C=O.COC(=O)[C@H](C(C)C)N(C)[B]C=O. The van der Waals surface area contributed by atoms with Crippen LogP contribution in [0.1, 0.15) is 262 Å². The van der Waals surface area contributed by atoms with Gasteiger partial charge in [0.15, 0.2) is 0 Å². The molecule has 1 heterocycles. The number of hydrogen-bond donors (Lipinski definition) is 5. The lowest BCUT2D eigenvalue weighted by Gasteiger charge is -2.39. The van der Waals surface area contributed by atoms with Gasteiger partial charge in [-0.1, -0.05) is 210 Å². The molecule has 145 heavy (non-hydrogen) atoms. The minimum absolute atomic E-state index is 0.00426. The van der Waals surface area contributed by atoms with Crippen molar-refractivity contribution in [1.29, 1.82) is 0 Å². The van der Waals surface area contributed by atoms with E-state index in [4.69, 9.17) is 34.5 Å². The average molecular weight is 2050 g/mol. The highest BCUT2D eigenvalue weighted by molar-refractivity contribution is 6.65. The molecule has 1 fully saturated rings. The van der Waals surface area contributed by atoms with Gasteiger partial charge in [-0.2, -0.15) is 0 Å². The monoisotopic (exact) mass is 2050 g/mol. The Morgan fingerprint density at radius 2 is 0.703 bits per heavy atom. The Bertz CT molecular complexity index is 4010. The van der Waals surface area contributed by atoms with E-state index in [1.807, 2.05) is 186 Å². The molecule has 825 valence electrons. The van der Waals surface area contributed by atoms with Crippen molar-refractivity contribution < 1.29 is 115 Å². The van der Waals surface area contributed by atoms with Crippen molar-refractivity contribution in [3.05, 3.63) is 58.2 Å². The molecule has 0 saturated carbocycles. The van der Waals surface area contributed by atoms with Gasteiger partial charge < -0.3 is 118 Å². The number of piperidine rings is 1. The van der Waals surface area contributed by atoms with Gasteiger partial charge in [-0.05, 0) is 194 Å². The first kappa shape index (κ1) is 149. The molecule has 1 rings (SSSR count). The fourth-order valence-corrected chi connectivity index (χ4v) is 14.5. The molecule has 0 bridgehead atoms. The summed E-state index contributed by atoms with van der Waals surface area (Å²) < 4.78 is 29.5.